The summed E-state index contributed by atoms with van der Waals surface area (Å²) in [6.45, 7) is -3.05. The fourth-order valence-corrected chi connectivity index (χ4v) is 1.83. The molecule has 120 valence electrons. The molecule has 0 aliphatic rings. The van der Waals surface area contributed by atoms with Gasteiger partial charge < -0.3 is 9.47 Å². The molecule has 0 spiro atoms. The summed E-state index contributed by atoms with van der Waals surface area (Å²) in [5.41, 5.74) is 0.253. The van der Waals surface area contributed by atoms with E-state index in [0.29, 0.717) is 11.4 Å². The second-order valence-electron chi connectivity index (χ2n) is 4.29. The second-order valence-corrected chi connectivity index (χ2v) is 4.29. The first-order valence-electron chi connectivity index (χ1n) is 6.41. The Morgan fingerprint density at radius 3 is 2.61 bits per heavy atom. The van der Waals surface area contributed by atoms with Crippen LogP contribution in [0.1, 0.15) is 5.56 Å². The van der Waals surface area contributed by atoms with E-state index in [1.54, 1.807) is 24.3 Å². The standard InChI is InChI=1S/C15H12F2N2O4/c1-22-14-5-3-2-4-12(14)18-9-10-8-11(19(20)21)6-7-13(10)23-15(16)17/h2-9,15H,1H3/b18-9+. The third-order valence-electron chi connectivity index (χ3n) is 2.85. The topological polar surface area (TPSA) is 74.0 Å². The summed E-state index contributed by atoms with van der Waals surface area (Å²) < 4.78 is 34.3. The third kappa shape index (κ3) is 4.22. The van der Waals surface area contributed by atoms with Gasteiger partial charge in [0, 0.05) is 23.9 Å². The Hall–Kier alpha value is -3.03. The van der Waals surface area contributed by atoms with Crippen LogP contribution in [0.2, 0.25) is 0 Å². The van der Waals surface area contributed by atoms with Crippen LogP contribution in [0.5, 0.6) is 11.5 Å². The summed E-state index contributed by atoms with van der Waals surface area (Å²) in [5, 5.41) is 10.8. The molecule has 0 saturated carbocycles. The van der Waals surface area contributed by atoms with Crippen molar-refractivity contribution in [2.24, 2.45) is 4.99 Å². The van der Waals surface area contributed by atoms with E-state index >= 15 is 0 Å². The van der Waals surface area contributed by atoms with Crippen molar-refractivity contribution in [1.29, 1.82) is 0 Å². The molecule has 0 radical (unpaired) electrons. The van der Waals surface area contributed by atoms with Crippen molar-refractivity contribution in [2.45, 2.75) is 6.61 Å². The lowest BCUT2D eigenvalue weighted by Gasteiger charge is -2.08. The van der Waals surface area contributed by atoms with E-state index in [0.717, 1.165) is 18.2 Å². The van der Waals surface area contributed by atoms with Gasteiger partial charge in [-0.1, -0.05) is 12.1 Å². The quantitative estimate of drug-likeness (QED) is 0.458. The number of non-ortho nitro benzene ring substituents is 1. The Balaban J connectivity index is 2.41. The number of hydrogen-bond acceptors (Lipinski definition) is 5. The lowest BCUT2D eigenvalue weighted by atomic mass is 10.2. The number of nitrogens with zero attached hydrogens (tertiary/aromatic N) is 2. The molecule has 0 aromatic heterocycles. The summed E-state index contributed by atoms with van der Waals surface area (Å²) in [6, 6.07) is 10.1. The first-order valence-corrected chi connectivity index (χ1v) is 6.41. The number of nitro groups is 1. The number of benzene rings is 2. The lowest BCUT2D eigenvalue weighted by Crippen LogP contribution is -2.04. The highest BCUT2D eigenvalue weighted by Crippen LogP contribution is 2.28. The van der Waals surface area contributed by atoms with Crippen molar-refractivity contribution < 1.29 is 23.2 Å². The molecule has 0 aliphatic carbocycles. The van der Waals surface area contributed by atoms with Crippen molar-refractivity contribution in [1.82, 2.24) is 0 Å². The van der Waals surface area contributed by atoms with Gasteiger partial charge in [-0.25, -0.2) is 0 Å². The number of aliphatic imine (C=N–C) groups is 1. The monoisotopic (exact) mass is 322 g/mol. The number of para-hydroxylation sites is 2. The molecule has 0 bridgehead atoms. The zero-order chi connectivity index (χ0) is 16.8. The number of ether oxygens (including phenoxy) is 2. The van der Waals surface area contributed by atoms with E-state index in [1.165, 1.54) is 13.3 Å². The van der Waals surface area contributed by atoms with Gasteiger partial charge in [-0.05, 0) is 18.2 Å². The van der Waals surface area contributed by atoms with Crippen molar-refractivity contribution in [3.05, 3.63) is 58.1 Å². The van der Waals surface area contributed by atoms with Crippen molar-refractivity contribution >= 4 is 17.6 Å². The predicted octanol–water partition coefficient (Wildman–Crippen LogP) is 3.96. The van der Waals surface area contributed by atoms with Gasteiger partial charge >= 0.3 is 6.61 Å². The summed E-state index contributed by atoms with van der Waals surface area (Å²) in [4.78, 5) is 14.3. The SMILES string of the molecule is COc1ccccc1/N=C/c1cc([N+](=O)[O-])ccc1OC(F)F. The molecule has 8 heteroatoms. The molecule has 0 atom stereocenters. The van der Waals surface area contributed by atoms with E-state index in [9.17, 15) is 18.9 Å². The number of methoxy groups -OCH3 is 1. The van der Waals surface area contributed by atoms with Crippen LogP contribution in [-0.4, -0.2) is 24.9 Å². The first-order chi connectivity index (χ1) is 11.0. The number of alkyl halides is 2. The van der Waals surface area contributed by atoms with Crippen molar-refractivity contribution in [3.8, 4) is 11.5 Å². The van der Waals surface area contributed by atoms with Crippen LogP contribution in [0.4, 0.5) is 20.2 Å². The Morgan fingerprint density at radius 1 is 1.22 bits per heavy atom. The molecule has 0 aliphatic heterocycles. The van der Waals surface area contributed by atoms with Crippen LogP contribution in [0.25, 0.3) is 0 Å². The van der Waals surface area contributed by atoms with Crippen LogP contribution in [-0.2, 0) is 0 Å². The molecule has 2 aromatic carbocycles. The fourth-order valence-electron chi connectivity index (χ4n) is 1.83. The fraction of sp³-hybridized carbons (Fsp3) is 0.133. The zero-order valence-corrected chi connectivity index (χ0v) is 12.0. The molecule has 2 rings (SSSR count). The predicted molar refractivity (Wildman–Crippen MR) is 80.0 cm³/mol. The highest BCUT2D eigenvalue weighted by Gasteiger charge is 2.14. The largest absolute Gasteiger partial charge is 0.494 e. The average Bonchev–Trinajstić information content (AvgIpc) is 2.53. The van der Waals surface area contributed by atoms with E-state index in [2.05, 4.69) is 9.73 Å². The van der Waals surface area contributed by atoms with Crippen LogP contribution in [0, 0.1) is 10.1 Å². The minimum atomic E-state index is -3.05. The number of rotatable bonds is 6. The summed E-state index contributed by atoms with van der Waals surface area (Å²) >= 11 is 0. The molecular formula is C15H12F2N2O4. The molecule has 0 fully saturated rings. The minimum Gasteiger partial charge on any atom is -0.494 e. The Labute approximate surface area is 130 Å². The van der Waals surface area contributed by atoms with Crippen LogP contribution in [0.3, 0.4) is 0 Å². The van der Waals surface area contributed by atoms with E-state index in [-0.39, 0.29) is 17.0 Å². The van der Waals surface area contributed by atoms with Gasteiger partial charge in [0.2, 0.25) is 0 Å². The second kappa shape index (κ2) is 7.30. The molecule has 0 heterocycles. The molecule has 0 amide bonds. The molecule has 2 aromatic rings. The minimum absolute atomic E-state index is 0.0606. The number of nitro benzene ring substituents is 1. The highest BCUT2D eigenvalue weighted by atomic mass is 19.3. The number of halogens is 2. The van der Waals surface area contributed by atoms with Crippen LogP contribution in [0.15, 0.2) is 47.5 Å². The Bertz CT molecular complexity index is 735. The molecular weight excluding hydrogens is 310 g/mol. The molecule has 0 N–H and O–H groups in total. The van der Waals surface area contributed by atoms with Gasteiger partial charge in [-0.2, -0.15) is 8.78 Å². The van der Waals surface area contributed by atoms with E-state index < -0.39 is 11.5 Å². The third-order valence-corrected chi connectivity index (χ3v) is 2.85. The average molecular weight is 322 g/mol. The normalized spacial score (nSPS) is 11.0. The maximum Gasteiger partial charge on any atom is 0.387 e. The maximum atomic E-state index is 12.4. The summed E-state index contributed by atoms with van der Waals surface area (Å²) in [6.07, 6.45) is 1.21. The zero-order valence-electron chi connectivity index (χ0n) is 12.0. The molecule has 23 heavy (non-hydrogen) atoms. The highest BCUT2D eigenvalue weighted by molar-refractivity contribution is 5.87. The van der Waals surface area contributed by atoms with Gasteiger partial charge in [0.15, 0.2) is 0 Å². The van der Waals surface area contributed by atoms with Gasteiger partial charge in [0.25, 0.3) is 5.69 Å². The summed E-state index contributed by atoms with van der Waals surface area (Å²) in [5.74, 6) is 0.273. The van der Waals surface area contributed by atoms with Gasteiger partial charge in [0.05, 0.1) is 12.0 Å². The lowest BCUT2D eigenvalue weighted by molar-refractivity contribution is -0.384. The first kappa shape index (κ1) is 16.3. The molecule has 0 saturated heterocycles. The van der Waals surface area contributed by atoms with E-state index in [1.807, 2.05) is 0 Å². The molecule has 0 unspecified atom stereocenters. The Morgan fingerprint density at radius 2 is 1.96 bits per heavy atom. The maximum absolute atomic E-state index is 12.4. The smallest absolute Gasteiger partial charge is 0.387 e. The van der Waals surface area contributed by atoms with Gasteiger partial charge in [-0.15, -0.1) is 0 Å². The van der Waals surface area contributed by atoms with Crippen LogP contribution >= 0.6 is 0 Å². The van der Waals surface area contributed by atoms with Crippen LogP contribution < -0.4 is 9.47 Å². The van der Waals surface area contributed by atoms with Gasteiger partial charge in [-0.3, -0.25) is 15.1 Å². The van der Waals surface area contributed by atoms with Crippen molar-refractivity contribution in [3.63, 3.8) is 0 Å². The van der Waals surface area contributed by atoms with E-state index in [4.69, 9.17) is 4.74 Å². The Kier molecular flexibility index (Phi) is 5.19. The number of hydrogen-bond donors (Lipinski definition) is 0. The summed E-state index contributed by atoms with van der Waals surface area (Å²) in [7, 11) is 1.47. The van der Waals surface area contributed by atoms with Gasteiger partial charge in [0.1, 0.15) is 17.2 Å². The van der Waals surface area contributed by atoms with Crippen molar-refractivity contribution in [2.75, 3.05) is 7.11 Å². The molecule has 6 nitrogen and oxygen atoms in total.